The Kier molecular flexibility index (Phi) is 6.57. The Morgan fingerprint density at radius 3 is 2.46 bits per heavy atom. The summed E-state index contributed by atoms with van der Waals surface area (Å²) in [5.74, 6) is 0.979. The molecule has 2 aromatic carbocycles. The zero-order valence-corrected chi connectivity index (χ0v) is 17.4. The van der Waals surface area contributed by atoms with E-state index >= 15 is 0 Å². The average molecular weight is 382 g/mol. The molecule has 150 valence electrons. The second kappa shape index (κ2) is 9.11. The van der Waals surface area contributed by atoms with Gasteiger partial charge in [0.1, 0.15) is 5.75 Å². The van der Waals surface area contributed by atoms with Crippen molar-refractivity contribution in [3.63, 3.8) is 0 Å². The lowest BCUT2D eigenvalue weighted by atomic mass is 10.0. The van der Waals surface area contributed by atoms with Crippen LogP contribution in [-0.4, -0.2) is 50.6 Å². The normalized spacial score (nSPS) is 15.9. The van der Waals surface area contributed by atoms with Gasteiger partial charge in [0, 0.05) is 26.2 Å². The summed E-state index contributed by atoms with van der Waals surface area (Å²) < 4.78 is 5.47. The van der Waals surface area contributed by atoms with Gasteiger partial charge in [0.15, 0.2) is 0 Å². The molecule has 1 fully saturated rings. The summed E-state index contributed by atoms with van der Waals surface area (Å²) in [5, 5.41) is 3.14. The van der Waals surface area contributed by atoms with E-state index in [0.717, 1.165) is 43.2 Å². The van der Waals surface area contributed by atoms with Gasteiger partial charge in [0.2, 0.25) is 5.91 Å². The van der Waals surface area contributed by atoms with Gasteiger partial charge in [-0.25, -0.2) is 0 Å². The highest BCUT2D eigenvalue weighted by molar-refractivity contribution is 5.78. The number of piperazine rings is 1. The molecular weight excluding hydrogens is 350 g/mol. The summed E-state index contributed by atoms with van der Waals surface area (Å²) >= 11 is 0. The van der Waals surface area contributed by atoms with Crippen molar-refractivity contribution in [1.82, 2.24) is 10.2 Å². The van der Waals surface area contributed by atoms with E-state index in [-0.39, 0.29) is 11.9 Å². The first-order valence-corrected chi connectivity index (χ1v) is 9.94. The van der Waals surface area contributed by atoms with Crippen LogP contribution >= 0.6 is 0 Å². The predicted molar refractivity (Wildman–Crippen MR) is 114 cm³/mol. The van der Waals surface area contributed by atoms with Crippen LogP contribution in [0.5, 0.6) is 5.75 Å². The first kappa shape index (κ1) is 20.2. The molecule has 2 aromatic rings. The fourth-order valence-electron chi connectivity index (χ4n) is 3.65. The number of methoxy groups -OCH3 is 1. The number of nitrogens with one attached hydrogen (secondary N) is 1. The fraction of sp³-hybridized carbons (Fsp3) is 0.435. The number of aryl methyl sites for hydroxylation is 2. The standard InChI is InChI=1S/C23H31N3O2/c1-17-9-10-20(15-18(17)2)19(3)24-23(27)16-25-11-13-26(14-12-25)21-7-5-6-8-22(21)28-4/h5-10,15,19H,11-14,16H2,1-4H3,(H,24,27)/t19-/m0/s1. The van der Waals surface area contributed by atoms with Gasteiger partial charge in [-0.3, -0.25) is 9.69 Å². The van der Waals surface area contributed by atoms with Gasteiger partial charge in [0.05, 0.1) is 25.4 Å². The van der Waals surface area contributed by atoms with Gasteiger partial charge in [-0.1, -0.05) is 30.3 Å². The Bertz CT molecular complexity index is 813. The molecule has 1 amide bonds. The Morgan fingerprint density at radius 2 is 1.79 bits per heavy atom. The lowest BCUT2D eigenvalue weighted by Crippen LogP contribution is -2.49. The average Bonchev–Trinajstić information content (AvgIpc) is 2.70. The molecule has 0 bridgehead atoms. The molecule has 0 unspecified atom stereocenters. The molecule has 1 aliphatic rings. The maximum atomic E-state index is 12.5. The molecule has 3 rings (SSSR count). The number of amides is 1. The minimum absolute atomic E-state index is 0.0154. The molecule has 0 saturated carbocycles. The number of anilines is 1. The topological polar surface area (TPSA) is 44.8 Å². The second-order valence-electron chi connectivity index (χ2n) is 7.57. The van der Waals surface area contributed by atoms with Crippen LogP contribution in [0.25, 0.3) is 0 Å². The van der Waals surface area contributed by atoms with Crippen LogP contribution in [0, 0.1) is 13.8 Å². The zero-order valence-electron chi connectivity index (χ0n) is 17.4. The SMILES string of the molecule is COc1ccccc1N1CCN(CC(=O)N[C@@H](C)c2ccc(C)c(C)c2)CC1. The highest BCUT2D eigenvalue weighted by Gasteiger charge is 2.21. The summed E-state index contributed by atoms with van der Waals surface area (Å²) in [6.07, 6.45) is 0. The largest absolute Gasteiger partial charge is 0.495 e. The van der Waals surface area contributed by atoms with Crippen molar-refractivity contribution in [2.24, 2.45) is 0 Å². The number of nitrogens with zero attached hydrogens (tertiary/aromatic N) is 2. The highest BCUT2D eigenvalue weighted by Crippen LogP contribution is 2.28. The van der Waals surface area contributed by atoms with Crippen LogP contribution in [0.1, 0.15) is 29.7 Å². The third-order valence-electron chi connectivity index (χ3n) is 5.57. The molecule has 0 radical (unpaired) electrons. The first-order chi connectivity index (χ1) is 13.5. The predicted octanol–water partition coefficient (Wildman–Crippen LogP) is 3.31. The van der Waals surface area contributed by atoms with Gasteiger partial charge in [0.25, 0.3) is 0 Å². The van der Waals surface area contributed by atoms with Crippen LogP contribution < -0.4 is 15.0 Å². The van der Waals surface area contributed by atoms with E-state index in [1.807, 2.05) is 25.1 Å². The molecule has 28 heavy (non-hydrogen) atoms. The zero-order chi connectivity index (χ0) is 20.1. The van der Waals surface area contributed by atoms with Crippen LogP contribution in [0.3, 0.4) is 0 Å². The van der Waals surface area contributed by atoms with E-state index in [4.69, 9.17) is 4.74 Å². The molecule has 0 aliphatic carbocycles. The van der Waals surface area contributed by atoms with Crippen molar-refractivity contribution < 1.29 is 9.53 Å². The van der Waals surface area contributed by atoms with Gasteiger partial charge in [-0.05, 0) is 49.6 Å². The monoisotopic (exact) mass is 381 g/mol. The fourth-order valence-corrected chi connectivity index (χ4v) is 3.65. The number of benzene rings is 2. The molecular formula is C23H31N3O2. The number of hydrogen-bond donors (Lipinski definition) is 1. The summed E-state index contributed by atoms with van der Waals surface area (Å²) in [6.45, 7) is 10.2. The Labute approximate surface area is 168 Å². The van der Waals surface area contributed by atoms with E-state index in [0.29, 0.717) is 6.54 Å². The third-order valence-corrected chi connectivity index (χ3v) is 5.57. The minimum atomic E-state index is 0.0154. The Balaban J connectivity index is 1.50. The smallest absolute Gasteiger partial charge is 0.234 e. The van der Waals surface area contributed by atoms with Crippen molar-refractivity contribution in [3.05, 3.63) is 59.2 Å². The first-order valence-electron chi connectivity index (χ1n) is 9.94. The van der Waals surface area contributed by atoms with E-state index < -0.39 is 0 Å². The maximum absolute atomic E-state index is 12.5. The molecule has 0 aromatic heterocycles. The van der Waals surface area contributed by atoms with E-state index in [9.17, 15) is 4.79 Å². The quantitative estimate of drug-likeness (QED) is 0.834. The molecule has 1 atom stereocenters. The number of ether oxygens (including phenoxy) is 1. The number of carbonyl (C=O) groups is 1. The maximum Gasteiger partial charge on any atom is 0.234 e. The Hall–Kier alpha value is -2.53. The van der Waals surface area contributed by atoms with Crippen molar-refractivity contribution in [1.29, 1.82) is 0 Å². The van der Waals surface area contributed by atoms with Crippen LogP contribution in [0.15, 0.2) is 42.5 Å². The molecule has 1 aliphatic heterocycles. The van der Waals surface area contributed by atoms with Crippen molar-refractivity contribution in [3.8, 4) is 5.75 Å². The highest BCUT2D eigenvalue weighted by atomic mass is 16.5. The molecule has 1 N–H and O–H groups in total. The van der Waals surface area contributed by atoms with Crippen molar-refractivity contribution in [2.45, 2.75) is 26.8 Å². The third kappa shape index (κ3) is 4.84. The Morgan fingerprint density at radius 1 is 1.07 bits per heavy atom. The van der Waals surface area contributed by atoms with E-state index in [1.165, 1.54) is 11.1 Å². The van der Waals surface area contributed by atoms with Crippen LogP contribution in [0.4, 0.5) is 5.69 Å². The molecule has 5 nitrogen and oxygen atoms in total. The van der Waals surface area contributed by atoms with Gasteiger partial charge >= 0.3 is 0 Å². The van der Waals surface area contributed by atoms with Crippen molar-refractivity contribution in [2.75, 3.05) is 44.7 Å². The summed E-state index contributed by atoms with van der Waals surface area (Å²) in [6, 6.07) is 14.5. The molecule has 5 heteroatoms. The second-order valence-corrected chi connectivity index (χ2v) is 7.57. The number of carbonyl (C=O) groups excluding carboxylic acids is 1. The lowest BCUT2D eigenvalue weighted by molar-refractivity contribution is -0.123. The number of rotatable bonds is 6. The van der Waals surface area contributed by atoms with Gasteiger partial charge in [-0.15, -0.1) is 0 Å². The molecule has 0 spiro atoms. The molecule has 1 heterocycles. The number of para-hydroxylation sites is 2. The van der Waals surface area contributed by atoms with Gasteiger partial charge in [-0.2, -0.15) is 0 Å². The van der Waals surface area contributed by atoms with Crippen LogP contribution in [0.2, 0.25) is 0 Å². The minimum Gasteiger partial charge on any atom is -0.495 e. The summed E-state index contributed by atoms with van der Waals surface area (Å²) in [5.41, 5.74) is 4.80. The summed E-state index contributed by atoms with van der Waals surface area (Å²) in [4.78, 5) is 17.1. The van der Waals surface area contributed by atoms with Gasteiger partial charge < -0.3 is 15.0 Å². The lowest BCUT2D eigenvalue weighted by Gasteiger charge is -2.36. The van der Waals surface area contributed by atoms with Crippen LogP contribution in [-0.2, 0) is 4.79 Å². The molecule has 1 saturated heterocycles. The number of hydrogen-bond acceptors (Lipinski definition) is 4. The van der Waals surface area contributed by atoms with E-state index in [2.05, 4.69) is 53.2 Å². The summed E-state index contributed by atoms with van der Waals surface area (Å²) in [7, 11) is 1.70. The van der Waals surface area contributed by atoms with E-state index in [1.54, 1.807) is 7.11 Å². The van der Waals surface area contributed by atoms with Crippen molar-refractivity contribution >= 4 is 11.6 Å².